The van der Waals surface area contributed by atoms with Crippen molar-refractivity contribution in [3.63, 3.8) is 0 Å². The normalized spacial score (nSPS) is 15.3. The van der Waals surface area contributed by atoms with Gasteiger partial charge in [-0.25, -0.2) is 4.99 Å². The van der Waals surface area contributed by atoms with Gasteiger partial charge >= 0.3 is 0 Å². The number of rotatable bonds is 7. The van der Waals surface area contributed by atoms with Crippen molar-refractivity contribution in [2.45, 2.75) is 26.7 Å². The molecule has 0 spiro atoms. The zero-order chi connectivity index (χ0) is 21.1. The smallest absolute Gasteiger partial charge is 0.204 e. The number of amidine groups is 1. The molecular weight excluding hydrogens is 384 g/mol. The first-order valence-corrected chi connectivity index (χ1v) is 9.72. The number of fused-ring (bicyclic) bond motifs is 1. The highest BCUT2D eigenvalue weighted by Crippen LogP contribution is 2.33. The van der Waals surface area contributed by atoms with Crippen LogP contribution in [0.3, 0.4) is 0 Å². The van der Waals surface area contributed by atoms with Gasteiger partial charge in [0.25, 0.3) is 0 Å². The molecule has 2 aromatic rings. The van der Waals surface area contributed by atoms with Gasteiger partial charge in [0.15, 0.2) is 5.78 Å². The summed E-state index contributed by atoms with van der Waals surface area (Å²) in [6.45, 7) is 4.30. The van der Waals surface area contributed by atoms with Crippen LogP contribution in [0.4, 0.5) is 0 Å². The van der Waals surface area contributed by atoms with E-state index >= 15 is 0 Å². The van der Waals surface area contributed by atoms with E-state index in [0.717, 1.165) is 23.4 Å². The predicted molar refractivity (Wildman–Crippen MR) is 111 cm³/mol. The number of aromatic amines is 1. The summed E-state index contributed by atoms with van der Waals surface area (Å²) in [5.74, 6) is 1.70. The standard InChI is InChI=1S/C21H22N6O3/c1-3-5-17-18(8-7-16(13(2)28)19(17)29)30-12-14-6-4-9-27-11-15(10-22-21(14)27)20-23-25-26-24-20/h4,6-10,29H,3,5,11-12H2,1-2H3,(H,23,24,25,26). The van der Waals surface area contributed by atoms with Crippen LogP contribution in [0.5, 0.6) is 11.5 Å². The topological polar surface area (TPSA) is 117 Å². The van der Waals surface area contributed by atoms with Crippen molar-refractivity contribution in [1.29, 1.82) is 0 Å². The number of phenolic OH excluding ortho intramolecular Hbond substituents is 1. The number of ether oxygens (including phenoxy) is 1. The summed E-state index contributed by atoms with van der Waals surface area (Å²) in [4.78, 5) is 18.3. The highest BCUT2D eigenvalue weighted by atomic mass is 16.5. The number of nitrogens with one attached hydrogen (secondary N) is 1. The SMILES string of the molecule is CCCc1c(OCC2=CC=CN3CC(c4nn[nH]n4)=CN=C23)ccc(C(C)=O)c1O. The number of tetrazole rings is 1. The number of hydrogen-bond donors (Lipinski definition) is 2. The lowest BCUT2D eigenvalue weighted by Gasteiger charge is -2.29. The lowest BCUT2D eigenvalue weighted by atomic mass is 10.0. The fourth-order valence-electron chi connectivity index (χ4n) is 3.46. The first-order valence-electron chi connectivity index (χ1n) is 9.72. The van der Waals surface area contributed by atoms with Gasteiger partial charge in [-0.05, 0) is 36.8 Å². The molecule has 9 nitrogen and oxygen atoms in total. The van der Waals surface area contributed by atoms with Gasteiger partial charge in [0.2, 0.25) is 5.82 Å². The zero-order valence-electron chi connectivity index (χ0n) is 16.8. The van der Waals surface area contributed by atoms with E-state index in [9.17, 15) is 9.90 Å². The maximum absolute atomic E-state index is 11.7. The number of aromatic hydroxyl groups is 1. The Labute approximate surface area is 173 Å². The second-order valence-electron chi connectivity index (χ2n) is 7.04. The lowest BCUT2D eigenvalue weighted by Crippen LogP contribution is -2.34. The third-order valence-electron chi connectivity index (χ3n) is 4.94. The van der Waals surface area contributed by atoms with Crippen LogP contribution in [0, 0.1) is 0 Å². The Morgan fingerprint density at radius 3 is 2.97 bits per heavy atom. The van der Waals surface area contributed by atoms with E-state index in [-0.39, 0.29) is 18.1 Å². The molecule has 4 rings (SSSR count). The van der Waals surface area contributed by atoms with E-state index in [4.69, 9.17) is 4.74 Å². The van der Waals surface area contributed by atoms with Crippen molar-refractivity contribution in [3.05, 3.63) is 59.2 Å². The number of benzene rings is 1. The number of aromatic nitrogens is 4. The molecule has 9 heteroatoms. The lowest BCUT2D eigenvalue weighted by molar-refractivity contribution is 0.101. The summed E-state index contributed by atoms with van der Waals surface area (Å²) in [5.41, 5.74) is 2.72. The molecule has 1 aromatic carbocycles. The van der Waals surface area contributed by atoms with Crippen molar-refractivity contribution in [2.24, 2.45) is 4.99 Å². The molecule has 0 fully saturated rings. The Balaban J connectivity index is 1.55. The summed E-state index contributed by atoms with van der Waals surface area (Å²) in [6, 6.07) is 3.35. The van der Waals surface area contributed by atoms with Crippen molar-refractivity contribution in [1.82, 2.24) is 25.5 Å². The number of carbonyl (C=O) groups is 1. The number of Topliss-reactive ketones (excluding diaryl/α,β-unsaturated/α-hetero) is 1. The molecule has 30 heavy (non-hydrogen) atoms. The third kappa shape index (κ3) is 3.73. The largest absolute Gasteiger partial charge is 0.507 e. The van der Waals surface area contributed by atoms with Crippen LogP contribution < -0.4 is 4.74 Å². The Hall–Kier alpha value is -3.75. The maximum Gasteiger partial charge on any atom is 0.204 e. The molecule has 0 saturated heterocycles. The third-order valence-corrected chi connectivity index (χ3v) is 4.94. The number of phenols is 1. The monoisotopic (exact) mass is 406 g/mol. The Bertz CT molecular complexity index is 1080. The molecule has 2 aliphatic rings. The molecule has 0 radical (unpaired) electrons. The molecule has 0 amide bonds. The molecule has 0 aliphatic carbocycles. The number of hydrogen-bond acceptors (Lipinski definition) is 8. The van der Waals surface area contributed by atoms with E-state index in [1.807, 2.05) is 30.2 Å². The van der Waals surface area contributed by atoms with Gasteiger partial charge in [0.1, 0.15) is 23.9 Å². The number of aliphatic imine (C=N–C) groups is 1. The number of H-pyrrole nitrogens is 1. The summed E-state index contributed by atoms with van der Waals surface area (Å²) in [7, 11) is 0. The fraction of sp³-hybridized carbons (Fsp3) is 0.286. The number of nitrogens with zero attached hydrogens (tertiary/aromatic N) is 5. The van der Waals surface area contributed by atoms with Crippen LogP contribution in [0.1, 0.15) is 42.0 Å². The predicted octanol–water partition coefficient (Wildman–Crippen LogP) is 2.65. The average molecular weight is 406 g/mol. The van der Waals surface area contributed by atoms with Gasteiger partial charge < -0.3 is 14.7 Å². The average Bonchev–Trinajstić information content (AvgIpc) is 3.28. The first kappa shape index (κ1) is 19.6. The van der Waals surface area contributed by atoms with Crippen molar-refractivity contribution in [2.75, 3.05) is 13.2 Å². The van der Waals surface area contributed by atoms with Crippen LogP contribution in [0.25, 0.3) is 5.57 Å². The molecule has 2 N–H and O–H groups in total. The molecule has 0 atom stereocenters. The summed E-state index contributed by atoms with van der Waals surface area (Å²) >= 11 is 0. The summed E-state index contributed by atoms with van der Waals surface area (Å²) in [5, 5.41) is 24.6. The van der Waals surface area contributed by atoms with E-state index in [1.54, 1.807) is 18.3 Å². The van der Waals surface area contributed by atoms with Crippen LogP contribution in [0.15, 0.2) is 47.3 Å². The van der Waals surface area contributed by atoms with E-state index in [2.05, 4.69) is 25.6 Å². The van der Waals surface area contributed by atoms with Gasteiger partial charge in [0.05, 0.1) is 12.1 Å². The second-order valence-corrected chi connectivity index (χ2v) is 7.04. The van der Waals surface area contributed by atoms with Gasteiger partial charge in [-0.15, -0.1) is 10.2 Å². The van der Waals surface area contributed by atoms with Gasteiger partial charge in [-0.3, -0.25) is 4.79 Å². The number of carbonyl (C=O) groups excluding carboxylic acids is 1. The molecule has 3 heterocycles. The molecule has 1 aromatic heterocycles. The molecule has 2 aliphatic heterocycles. The van der Waals surface area contributed by atoms with E-state index in [0.29, 0.717) is 35.7 Å². The molecule has 0 saturated carbocycles. The fourth-order valence-corrected chi connectivity index (χ4v) is 3.46. The Morgan fingerprint density at radius 2 is 2.23 bits per heavy atom. The minimum Gasteiger partial charge on any atom is -0.507 e. The Kier molecular flexibility index (Phi) is 5.42. The van der Waals surface area contributed by atoms with Crippen LogP contribution in [-0.4, -0.2) is 55.4 Å². The summed E-state index contributed by atoms with van der Waals surface area (Å²) < 4.78 is 6.05. The zero-order valence-corrected chi connectivity index (χ0v) is 16.8. The number of ketones is 1. The second kappa shape index (κ2) is 8.32. The minimum absolute atomic E-state index is 0.00342. The van der Waals surface area contributed by atoms with E-state index in [1.165, 1.54) is 6.92 Å². The number of allylic oxidation sites excluding steroid dienone is 2. The first-order chi connectivity index (χ1) is 14.6. The van der Waals surface area contributed by atoms with Crippen LogP contribution >= 0.6 is 0 Å². The summed E-state index contributed by atoms with van der Waals surface area (Å²) in [6.07, 6.45) is 8.99. The van der Waals surface area contributed by atoms with Crippen LogP contribution in [-0.2, 0) is 6.42 Å². The van der Waals surface area contributed by atoms with Gasteiger partial charge in [-0.1, -0.05) is 19.4 Å². The highest BCUT2D eigenvalue weighted by Gasteiger charge is 2.24. The molecule has 154 valence electrons. The van der Waals surface area contributed by atoms with Gasteiger partial charge in [0, 0.05) is 29.1 Å². The van der Waals surface area contributed by atoms with Crippen molar-refractivity contribution >= 4 is 17.2 Å². The van der Waals surface area contributed by atoms with Crippen molar-refractivity contribution < 1.29 is 14.6 Å². The maximum atomic E-state index is 11.7. The minimum atomic E-state index is -0.173. The molecule has 0 unspecified atom stereocenters. The Morgan fingerprint density at radius 1 is 1.37 bits per heavy atom. The molecule has 0 bridgehead atoms. The quantitative estimate of drug-likeness (QED) is 0.679. The molecular formula is C21H22N6O3. The van der Waals surface area contributed by atoms with Crippen molar-refractivity contribution in [3.8, 4) is 11.5 Å². The highest BCUT2D eigenvalue weighted by molar-refractivity contribution is 6.03. The van der Waals surface area contributed by atoms with Crippen LogP contribution in [0.2, 0.25) is 0 Å². The van der Waals surface area contributed by atoms with Gasteiger partial charge in [-0.2, -0.15) is 5.21 Å². The van der Waals surface area contributed by atoms with E-state index < -0.39 is 0 Å².